The SMILES string of the molecule is C[C@@H]1CN2c3cc(F)c(C#Cc4nccs4)cc3CC3(C(=O)NC(=O)NC3=O)[C@H]2[C@H](C)O1. The average molecular weight is 454 g/mol. The molecular formula is C22H19FN4O4S. The van der Waals surface area contributed by atoms with Crippen LogP contribution in [0.1, 0.15) is 30.0 Å². The van der Waals surface area contributed by atoms with E-state index in [-0.39, 0.29) is 18.1 Å². The van der Waals surface area contributed by atoms with Crippen molar-refractivity contribution in [2.75, 3.05) is 11.4 Å². The molecule has 5 rings (SSSR count). The Bertz CT molecular complexity index is 1180. The van der Waals surface area contributed by atoms with Crippen LogP contribution in [-0.4, -0.2) is 47.6 Å². The van der Waals surface area contributed by atoms with E-state index in [0.29, 0.717) is 22.8 Å². The van der Waals surface area contributed by atoms with Crippen molar-refractivity contribution in [3.05, 3.63) is 45.7 Å². The zero-order valence-electron chi connectivity index (χ0n) is 17.3. The van der Waals surface area contributed by atoms with Gasteiger partial charge < -0.3 is 9.64 Å². The minimum atomic E-state index is -1.60. The summed E-state index contributed by atoms with van der Waals surface area (Å²) in [4.78, 5) is 44.0. The predicted molar refractivity (Wildman–Crippen MR) is 113 cm³/mol. The molecule has 3 atom stereocenters. The van der Waals surface area contributed by atoms with Crippen LogP contribution in [0.4, 0.5) is 14.9 Å². The van der Waals surface area contributed by atoms with Crippen LogP contribution in [-0.2, 0) is 20.7 Å². The third-order valence-electron chi connectivity index (χ3n) is 6.13. The van der Waals surface area contributed by atoms with E-state index < -0.39 is 41.2 Å². The largest absolute Gasteiger partial charge is 0.372 e. The summed E-state index contributed by atoms with van der Waals surface area (Å²) in [5, 5.41) is 6.80. The molecule has 0 unspecified atom stereocenters. The van der Waals surface area contributed by atoms with Crippen molar-refractivity contribution in [1.29, 1.82) is 0 Å². The molecular weight excluding hydrogens is 435 g/mol. The topological polar surface area (TPSA) is 101 Å². The van der Waals surface area contributed by atoms with Gasteiger partial charge in [0, 0.05) is 23.8 Å². The van der Waals surface area contributed by atoms with E-state index >= 15 is 4.39 Å². The van der Waals surface area contributed by atoms with E-state index in [4.69, 9.17) is 4.74 Å². The second kappa shape index (κ2) is 7.39. The van der Waals surface area contributed by atoms with Gasteiger partial charge in [0.25, 0.3) is 0 Å². The highest BCUT2D eigenvalue weighted by Crippen LogP contribution is 2.47. The molecule has 0 radical (unpaired) electrons. The summed E-state index contributed by atoms with van der Waals surface area (Å²) < 4.78 is 21.0. The summed E-state index contributed by atoms with van der Waals surface area (Å²) in [6.07, 6.45) is 0.893. The molecule has 1 aromatic heterocycles. The Morgan fingerprint density at radius 2 is 1.97 bits per heavy atom. The molecule has 2 aromatic rings. The highest BCUT2D eigenvalue weighted by atomic mass is 32.1. The highest BCUT2D eigenvalue weighted by Gasteiger charge is 2.62. The van der Waals surface area contributed by atoms with Gasteiger partial charge in [-0.05, 0) is 43.9 Å². The van der Waals surface area contributed by atoms with Crippen molar-refractivity contribution < 1.29 is 23.5 Å². The molecule has 10 heteroatoms. The number of imide groups is 2. The summed E-state index contributed by atoms with van der Waals surface area (Å²) >= 11 is 1.34. The van der Waals surface area contributed by atoms with E-state index in [9.17, 15) is 14.4 Å². The van der Waals surface area contributed by atoms with Crippen molar-refractivity contribution in [2.24, 2.45) is 5.41 Å². The number of hydrogen-bond donors (Lipinski definition) is 2. The lowest BCUT2D eigenvalue weighted by molar-refractivity contribution is -0.153. The van der Waals surface area contributed by atoms with Crippen LogP contribution in [0.15, 0.2) is 23.7 Å². The third kappa shape index (κ3) is 3.08. The maximum absolute atomic E-state index is 15.0. The van der Waals surface area contributed by atoms with E-state index in [1.807, 2.05) is 11.8 Å². The Morgan fingerprint density at radius 3 is 2.66 bits per heavy atom. The molecule has 4 amide bonds. The number of ether oxygens (including phenoxy) is 1. The molecule has 1 aromatic carbocycles. The van der Waals surface area contributed by atoms with Crippen LogP contribution < -0.4 is 15.5 Å². The lowest BCUT2D eigenvalue weighted by atomic mass is 9.66. The predicted octanol–water partition coefficient (Wildman–Crippen LogP) is 1.57. The van der Waals surface area contributed by atoms with Crippen molar-refractivity contribution in [3.63, 3.8) is 0 Å². The van der Waals surface area contributed by atoms with Crippen LogP contribution in [0.5, 0.6) is 0 Å². The molecule has 1 spiro atoms. The number of anilines is 1. The molecule has 3 aliphatic heterocycles. The summed E-state index contributed by atoms with van der Waals surface area (Å²) in [5.74, 6) is 3.77. The van der Waals surface area contributed by atoms with E-state index in [2.05, 4.69) is 27.5 Å². The number of fused-ring (bicyclic) bond motifs is 4. The van der Waals surface area contributed by atoms with E-state index in [0.717, 1.165) is 0 Å². The number of urea groups is 1. The maximum Gasteiger partial charge on any atom is 0.328 e. The molecule has 0 saturated carbocycles. The summed E-state index contributed by atoms with van der Waals surface area (Å²) in [6.45, 7) is 4.02. The number of barbiturate groups is 1. The molecule has 164 valence electrons. The van der Waals surface area contributed by atoms with Gasteiger partial charge in [-0.2, -0.15) is 0 Å². The second-order valence-corrected chi connectivity index (χ2v) is 9.08. The Balaban J connectivity index is 1.66. The summed E-state index contributed by atoms with van der Waals surface area (Å²) in [5.41, 5.74) is -0.253. The van der Waals surface area contributed by atoms with Crippen LogP contribution >= 0.6 is 11.3 Å². The minimum Gasteiger partial charge on any atom is -0.372 e. The van der Waals surface area contributed by atoms with Gasteiger partial charge in [-0.15, -0.1) is 11.3 Å². The van der Waals surface area contributed by atoms with Gasteiger partial charge in [0.2, 0.25) is 11.8 Å². The van der Waals surface area contributed by atoms with Crippen molar-refractivity contribution in [1.82, 2.24) is 15.6 Å². The number of aromatic nitrogens is 1. The molecule has 2 fully saturated rings. The van der Waals surface area contributed by atoms with E-state index in [1.165, 1.54) is 17.4 Å². The number of nitrogens with zero attached hydrogens (tertiary/aromatic N) is 2. The fourth-order valence-corrected chi connectivity index (χ4v) is 5.44. The Morgan fingerprint density at radius 1 is 1.22 bits per heavy atom. The van der Waals surface area contributed by atoms with Gasteiger partial charge in [0.15, 0.2) is 10.4 Å². The molecule has 2 N–H and O–H groups in total. The Labute approximate surface area is 187 Å². The van der Waals surface area contributed by atoms with Crippen LogP contribution in [0.25, 0.3) is 0 Å². The lowest BCUT2D eigenvalue weighted by Crippen LogP contribution is -2.75. The van der Waals surface area contributed by atoms with Gasteiger partial charge in [0.05, 0.1) is 23.8 Å². The first-order valence-electron chi connectivity index (χ1n) is 10.1. The number of rotatable bonds is 0. The monoisotopic (exact) mass is 454 g/mol. The number of hydrogen-bond acceptors (Lipinski definition) is 7. The van der Waals surface area contributed by atoms with Gasteiger partial charge in [0.1, 0.15) is 5.82 Å². The van der Waals surface area contributed by atoms with E-state index in [1.54, 1.807) is 24.6 Å². The fourth-order valence-electron chi connectivity index (χ4n) is 4.96. The second-order valence-electron chi connectivity index (χ2n) is 8.18. The first kappa shape index (κ1) is 20.6. The normalized spacial score (nSPS) is 25.9. The van der Waals surface area contributed by atoms with Gasteiger partial charge in [-0.25, -0.2) is 14.2 Å². The van der Waals surface area contributed by atoms with Gasteiger partial charge >= 0.3 is 6.03 Å². The average Bonchev–Trinajstić information content (AvgIpc) is 3.24. The van der Waals surface area contributed by atoms with Crippen LogP contribution in [0.3, 0.4) is 0 Å². The molecule has 2 saturated heterocycles. The number of halogens is 1. The smallest absolute Gasteiger partial charge is 0.328 e. The number of amides is 4. The number of morpholine rings is 1. The summed E-state index contributed by atoms with van der Waals surface area (Å²) in [6, 6.07) is 1.42. The molecule has 32 heavy (non-hydrogen) atoms. The molecule has 4 heterocycles. The zero-order chi connectivity index (χ0) is 22.6. The number of benzene rings is 1. The number of carbonyl (C=O) groups excluding carboxylic acids is 3. The van der Waals surface area contributed by atoms with Gasteiger partial charge in [-0.1, -0.05) is 5.92 Å². The highest BCUT2D eigenvalue weighted by molar-refractivity contribution is 7.10. The van der Waals surface area contributed by atoms with Gasteiger partial charge in [-0.3, -0.25) is 20.2 Å². The minimum absolute atomic E-state index is 0.0112. The Hall–Kier alpha value is -3.29. The van der Waals surface area contributed by atoms with Crippen LogP contribution in [0, 0.1) is 23.1 Å². The number of nitrogens with one attached hydrogen (secondary N) is 2. The quantitative estimate of drug-likeness (QED) is 0.463. The summed E-state index contributed by atoms with van der Waals surface area (Å²) in [7, 11) is 0. The number of thiazole rings is 1. The zero-order valence-corrected chi connectivity index (χ0v) is 18.1. The van der Waals surface area contributed by atoms with Crippen molar-refractivity contribution in [2.45, 2.75) is 38.5 Å². The third-order valence-corrected chi connectivity index (χ3v) is 6.82. The first-order valence-corrected chi connectivity index (χ1v) is 11.0. The molecule has 0 bridgehead atoms. The number of carbonyl (C=O) groups is 3. The molecule has 8 nitrogen and oxygen atoms in total. The Kier molecular flexibility index (Phi) is 4.76. The lowest BCUT2D eigenvalue weighted by Gasteiger charge is -2.55. The van der Waals surface area contributed by atoms with Crippen molar-refractivity contribution in [3.8, 4) is 11.8 Å². The first-order chi connectivity index (χ1) is 15.3. The van der Waals surface area contributed by atoms with Crippen molar-refractivity contribution >= 4 is 34.9 Å². The molecule has 3 aliphatic rings. The standard InChI is InChI=1S/C22H19FN4O4S/c1-11-10-27-16-8-15(23)13(3-4-17-24-5-6-32-17)7-14(16)9-22(18(27)12(2)31-11)19(28)25-21(30)26-20(22)29/h5-8,11-12,18H,9-10H2,1-2H3,(H2,25,26,28,29,30)/t11-,12+,18-/m1/s1. The maximum atomic E-state index is 15.0. The molecule has 0 aliphatic carbocycles. The fraction of sp³-hybridized carbons (Fsp3) is 0.364. The van der Waals surface area contributed by atoms with Crippen LogP contribution in [0.2, 0.25) is 0 Å².